The van der Waals surface area contributed by atoms with Gasteiger partial charge >= 0.3 is 0 Å². The molecular formula is C15H21Cl2NO4. The van der Waals surface area contributed by atoms with E-state index in [9.17, 15) is 15.3 Å². The molecule has 4 N–H and O–H groups in total. The van der Waals surface area contributed by atoms with Crippen LogP contribution in [0.3, 0.4) is 0 Å². The van der Waals surface area contributed by atoms with Gasteiger partial charge in [-0.1, -0.05) is 35.7 Å². The summed E-state index contributed by atoms with van der Waals surface area (Å²) in [5.74, 6) is -0.388. The molecule has 1 saturated carbocycles. The molecule has 2 unspecified atom stereocenters. The second kappa shape index (κ2) is 6.77. The van der Waals surface area contributed by atoms with Crippen molar-refractivity contribution >= 4 is 23.2 Å². The van der Waals surface area contributed by atoms with Crippen LogP contribution < -0.4 is 5.32 Å². The molecule has 0 bridgehead atoms. The van der Waals surface area contributed by atoms with E-state index in [0.717, 1.165) is 12.8 Å². The highest BCUT2D eigenvalue weighted by Gasteiger charge is 2.49. The van der Waals surface area contributed by atoms with Crippen molar-refractivity contribution in [3.8, 4) is 0 Å². The molecule has 5 nitrogen and oxygen atoms in total. The summed E-state index contributed by atoms with van der Waals surface area (Å²) in [5.41, 5.74) is 0. The Morgan fingerprint density at radius 3 is 2.50 bits per heavy atom. The van der Waals surface area contributed by atoms with Crippen LogP contribution in [-0.4, -0.2) is 58.4 Å². The molecule has 2 aliphatic carbocycles. The number of aliphatic hydroxyl groups excluding tert-OH is 3. The van der Waals surface area contributed by atoms with Crippen molar-refractivity contribution in [3.63, 3.8) is 0 Å². The first-order valence-electron chi connectivity index (χ1n) is 7.64. The smallest absolute Gasteiger partial charge is 0.111 e. The fourth-order valence-corrected chi connectivity index (χ4v) is 3.81. The Morgan fingerprint density at radius 2 is 1.95 bits per heavy atom. The van der Waals surface area contributed by atoms with Gasteiger partial charge < -0.3 is 25.4 Å². The van der Waals surface area contributed by atoms with E-state index < -0.39 is 24.4 Å². The van der Waals surface area contributed by atoms with Gasteiger partial charge in [-0.3, -0.25) is 0 Å². The lowest BCUT2D eigenvalue weighted by Crippen LogP contribution is -2.51. The monoisotopic (exact) mass is 349 g/mol. The Bertz CT molecular complexity index is 480. The Hall–Kier alpha value is -0.140. The molecule has 0 aromatic heterocycles. The zero-order valence-corrected chi connectivity index (χ0v) is 13.5. The molecule has 3 rings (SSSR count). The van der Waals surface area contributed by atoms with Gasteiger partial charge in [0.15, 0.2) is 0 Å². The topological polar surface area (TPSA) is 82.0 Å². The fraction of sp³-hybridized carbons (Fsp3) is 0.733. The standard InChI is InChI=1S/C15H21Cl2NO4/c16-8-4-5-9(18-7-2-1-3-7)11(12(8)17)15-14(21)13(20)10(6-19)22-15/h4-5,7,9-11,13-15,18-21H,1-3,6H2/t9?,10-,11?,13-,14-,15+/m0/s1. The number of aliphatic hydroxyl groups is 3. The maximum absolute atomic E-state index is 10.3. The molecule has 124 valence electrons. The van der Waals surface area contributed by atoms with Crippen LogP contribution in [0.15, 0.2) is 22.2 Å². The second-order valence-electron chi connectivity index (χ2n) is 6.20. The predicted octanol–water partition coefficient (Wildman–Crippen LogP) is 0.854. The highest BCUT2D eigenvalue weighted by Crippen LogP contribution is 2.40. The first-order chi connectivity index (χ1) is 10.5. The minimum absolute atomic E-state index is 0.121. The zero-order chi connectivity index (χ0) is 15.9. The van der Waals surface area contributed by atoms with Crippen LogP contribution in [-0.2, 0) is 4.74 Å². The van der Waals surface area contributed by atoms with Crippen molar-refractivity contribution in [2.45, 2.75) is 55.8 Å². The number of hydrogen-bond acceptors (Lipinski definition) is 5. The summed E-state index contributed by atoms with van der Waals surface area (Å²) in [6, 6.07) is 0.306. The van der Waals surface area contributed by atoms with Crippen molar-refractivity contribution in [1.29, 1.82) is 0 Å². The first kappa shape index (κ1) is 16.7. The minimum Gasteiger partial charge on any atom is -0.394 e. The molecule has 6 atom stereocenters. The van der Waals surface area contributed by atoms with Crippen LogP contribution in [0.25, 0.3) is 0 Å². The maximum Gasteiger partial charge on any atom is 0.111 e. The molecule has 0 aromatic carbocycles. The summed E-state index contributed by atoms with van der Waals surface area (Å²) in [7, 11) is 0. The molecule has 2 fully saturated rings. The molecular weight excluding hydrogens is 329 g/mol. The van der Waals surface area contributed by atoms with Crippen LogP contribution in [0, 0.1) is 5.92 Å². The van der Waals surface area contributed by atoms with E-state index >= 15 is 0 Å². The molecule has 1 saturated heterocycles. The first-order valence-corrected chi connectivity index (χ1v) is 8.40. The fourth-order valence-electron chi connectivity index (χ4n) is 3.28. The quantitative estimate of drug-likeness (QED) is 0.605. The SMILES string of the molecule is OC[C@@H]1O[C@H](C2C(Cl)=C(Cl)C=CC2NC2CCC2)[C@@H](O)[C@H]1O. The molecule has 22 heavy (non-hydrogen) atoms. The molecule has 7 heteroatoms. The third-order valence-electron chi connectivity index (χ3n) is 4.82. The number of allylic oxidation sites excluding steroid dienone is 2. The molecule has 0 radical (unpaired) electrons. The zero-order valence-electron chi connectivity index (χ0n) is 12.0. The second-order valence-corrected chi connectivity index (χ2v) is 7.02. The Morgan fingerprint density at radius 1 is 1.23 bits per heavy atom. The summed E-state index contributed by atoms with van der Waals surface area (Å²) < 4.78 is 5.66. The van der Waals surface area contributed by atoms with Crippen LogP contribution >= 0.6 is 23.2 Å². The van der Waals surface area contributed by atoms with Crippen molar-refractivity contribution in [2.75, 3.05) is 6.61 Å². The van der Waals surface area contributed by atoms with Crippen molar-refractivity contribution < 1.29 is 20.1 Å². The van der Waals surface area contributed by atoms with E-state index in [1.54, 1.807) is 6.08 Å². The largest absolute Gasteiger partial charge is 0.394 e. The van der Waals surface area contributed by atoms with E-state index in [1.807, 2.05) is 6.08 Å². The summed E-state index contributed by atoms with van der Waals surface area (Å²) in [5, 5.41) is 33.8. The van der Waals surface area contributed by atoms with Crippen molar-refractivity contribution in [1.82, 2.24) is 5.32 Å². The summed E-state index contributed by atoms with van der Waals surface area (Å²) in [4.78, 5) is 0. The normalized spacial score (nSPS) is 42.8. The molecule has 3 aliphatic rings. The van der Waals surface area contributed by atoms with Gasteiger partial charge in [0.2, 0.25) is 0 Å². The number of ether oxygens (including phenoxy) is 1. The lowest BCUT2D eigenvalue weighted by molar-refractivity contribution is -0.0403. The van der Waals surface area contributed by atoms with Crippen molar-refractivity contribution in [2.24, 2.45) is 5.92 Å². The van der Waals surface area contributed by atoms with E-state index in [0.29, 0.717) is 16.1 Å². The van der Waals surface area contributed by atoms with Gasteiger partial charge in [0.05, 0.1) is 17.7 Å². The molecule has 1 heterocycles. The highest BCUT2D eigenvalue weighted by molar-refractivity contribution is 6.40. The van der Waals surface area contributed by atoms with Crippen molar-refractivity contribution in [3.05, 3.63) is 22.2 Å². The van der Waals surface area contributed by atoms with Gasteiger partial charge in [-0.15, -0.1) is 0 Å². The van der Waals surface area contributed by atoms with Gasteiger partial charge in [0, 0.05) is 23.0 Å². The van der Waals surface area contributed by atoms with E-state index in [1.165, 1.54) is 6.42 Å². The third kappa shape index (κ3) is 2.96. The predicted molar refractivity (Wildman–Crippen MR) is 83.7 cm³/mol. The average Bonchev–Trinajstić information content (AvgIpc) is 2.74. The summed E-state index contributed by atoms with van der Waals surface area (Å²) >= 11 is 12.5. The van der Waals surface area contributed by atoms with E-state index in [-0.39, 0.29) is 18.6 Å². The number of nitrogens with one attached hydrogen (secondary N) is 1. The Balaban J connectivity index is 1.81. The molecule has 0 spiro atoms. The van der Waals surface area contributed by atoms with Gasteiger partial charge in [-0.2, -0.15) is 0 Å². The minimum atomic E-state index is -1.13. The van der Waals surface area contributed by atoms with E-state index in [4.69, 9.17) is 27.9 Å². The van der Waals surface area contributed by atoms with E-state index in [2.05, 4.69) is 5.32 Å². The summed E-state index contributed by atoms with van der Waals surface area (Å²) in [6.45, 7) is -0.354. The Labute approximate surface area is 139 Å². The van der Waals surface area contributed by atoms with Crippen LogP contribution in [0.1, 0.15) is 19.3 Å². The lowest BCUT2D eigenvalue weighted by atomic mass is 9.84. The average molecular weight is 350 g/mol. The van der Waals surface area contributed by atoms with Crippen LogP contribution in [0.4, 0.5) is 0 Å². The third-order valence-corrected chi connectivity index (χ3v) is 5.71. The van der Waals surface area contributed by atoms with Gasteiger partial charge in [-0.25, -0.2) is 0 Å². The van der Waals surface area contributed by atoms with Gasteiger partial charge in [-0.05, 0) is 18.9 Å². The lowest BCUT2D eigenvalue weighted by Gasteiger charge is -2.38. The highest BCUT2D eigenvalue weighted by atomic mass is 35.5. The number of halogens is 2. The maximum atomic E-state index is 10.3. The summed E-state index contributed by atoms with van der Waals surface area (Å²) in [6.07, 6.45) is 3.34. The Kier molecular flexibility index (Phi) is 5.14. The molecule has 0 amide bonds. The number of rotatable bonds is 4. The number of hydrogen-bond donors (Lipinski definition) is 4. The van der Waals surface area contributed by atoms with Crippen LogP contribution in [0.2, 0.25) is 0 Å². The van der Waals surface area contributed by atoms with Crippen LogP contribution in [0.5, 0.6) is 0 Å². The molecule has 1 aliphatic heterocycles. The van der Waals surface area contributed by atoms with Gasteiger partial charge in [0.25, 0.3) is 0 Å². The molecule has 0 aromatic rings. The van der Waals surface area contributed by atoms with Gasteiger partial charge in [0.1, 0.15) is 18.3 Å².